The molecule has 0 radical (unpaired) electrons. The zero-order valence-electron chi connectivity index (χ0n) is 40.8. The molecule has 0 aromatic rings. The van der Waals surface area contributed by atoms with Crippen molar-refractivity contribution < 1.29 is 151 Å². The van der Waals surface area contributed by atoms with E-state index in [9.17, 15) is 97.0 Å². The lowest BCUT2D eigenvalue weighted by Gasteiger charge is -2.63. The van der Waals surface area contributed by atoms with Gasteiger partial charge in [-0.25, -0.2) is 4.79 Å². The van der Waals surface area contributed by atoms with Crippen LogP contribution >= 0.6 is 0 Å². The van der Waals surface area contributed by atoms with Crippen molar-refractivity contribution in [2.75, 3.05) is 6.61 Å². The van der Waals surface area contributed by atoms with Crippen LogP contribution in [0.2, 0.25) is 48.4 Å². The third-order valence-electron chi connectivity index (χ3n) is 11.5. The van der Waals surface area contributed by atoms with Gasteiger partial charge in [-0.3, -0.25) is 0 Å². The summed E-state index contributed by atoms with van der Waals surface area (Å²) < 4.78 is 379. The molecule has 6 fully saturated rings. The SMILES string of the molecule is C=C(C)C(=O)OCCC[Si]12O[Si]3(CCCC(F)(F)F)O[Si]4(CCCC(F)(F)F)O[Si](CCCC(F)(F)F)(O1)O[Si]1(CCCC(F)(F)F)O[Si](CCCC(F)(F)F)(O2)O[Si](CCCC(F)(F)F)(O3)O[Si](CCCC(F)(F)F)(O4)O1. The monoisotopic (exact) mass is 1320 g/mol. The van der Waals surface area contributed by atoms with E-state index in [0.29, 0.717) is 0 Å². The molecule has 0 aromatic carbocycles. The Morgan fingerprint density at radius 2 is 0.449 bits per heavy atom. The third-order valence-corrected chi connectivity index (χ3v) is 49.1. The van der Waals surface area contributed by atoms with E-state index in [0.717, 1.165) is 0 Å². The zero-order valence-corrected chi connectivity index (χ0v) is 48.8. The first-order valence-electron chi connectivity index (χ1n) is 24.0. The Labute approximate surface area is 440 Å². The minimum absolute atomic E-state index is 0.207. The van der Waals surface area contributed by atoms with E-state index in [1.165, 1.54) is 6.92 Å². The summed E-state index contributed by atoms with van der Waals surface area (Å²) in [5, 5.41) is 0. The highest BCUT2D eigenvalue weighted by Crippen LogP contribution is 2.56. The number of hydrogen-bond acceptors (Lipinski definition) is 14. The van der Waals surface area contributed by atoms with E-state index >= 15 is 0 Å². The summed E-state index contributed by atoms with van der Waals surface area (Å²) >= 11 is 0. The molecule has 0 N–H and O–H groups in total. The van der Waals surface area contributed by atoms with E-state index in [2.05, 4.69) is 6.58 Å². The number of hydrogen-bond donors (Lipinski definition) is 0. The van der Waals surface area contributed by atoms with Crippen LogP contribution in [-0.4, -0.2) is 126 Å². The van der Waals surface area contributed by atoms with Crippen LogP contribution in [0.25, 0.3) is 0 Å². The van der Waals surface area contributed by atoms with Gasteiger partial charge in [-0.05, 0) is 58.3 Å². The average molecular weight is 1320 g/mol. The second-order valence-electron chi connectivity index (χ2n) is 19.0. The molecule has 0 spiro atoms. The summed E-state index contributed by atoms with van der Waals surface area (Å²) in [6.45, 7) is 3.83. The van der Waals surface area contributed by atoms with Gasteiger partial charge in [0.2, 0.25) is 0 Å². The summed E-state index contributed by atoms with van der Waals surface area (Å²) in [6.07, 6.45) is -57.9. The first kappa shape index (κ1) is 67.8. The normalized spacial score (nSPS) is 32.8. The molecule has 6 aliphatic heterocycles. The topological polar surface area (TPSA) is 137 Å². The Morgan fingerprint density at radius 3 is 0.577 bits per heavy atom. The summed E-state index contributed by atoms with van der Waals surface area (Å²) in [4.78, 5) is 12.5. The maximum absolute atomic E-state index is 14.1. The van der Waals surface area contributed by atoms with Gasteiger partial charge in [-0.15, -0.1) is 0 Å². The molecule has 456 valence electrons. The molecule has 0 amide bonds. The predicted molar refractivity (Wildman–Crippen MR) is 235 cm³/mol. The van der Waals surface area contributed by atoms with Crippen LogP contribution in [0.4, 0.5) is 92.2 Å². The second kappa shape index (κ2) is 24.5. The summed E-state index contributed by atoms with van der Waals surface area (Å²) in [6, 6.07) is -10.1. The second-order valence-corrected chi connectivity index (χ2v) is 43.7. The van der Waals surface area contributed by atoms with Gasteiger partial charge in [0.25, 0.3) is 0 Å². The fourth-order valence-electron chi connectivity index (χ4n) is 8.68. The smallest absolute Gasteiger partial charge is 0.462 e. The summed E-state index contributed by atoms with van der Waals surface area (Å²) in [7, 11) is -47.4. The minimum Gasteiger partial charge on any atom is -0.462 e. The molecule has 43 heteroatoms. The predicted octanol–water partition coefficient (Wildman–Crippen LogP) is 13.7. The van der Waals surface area contributed by atoms with Crippen LogP contribution < -0.4 is 0 Å². The number of rotatable bonds is 26. The highest BCUT2D eigenvalue weighted by molar-refractivity contribution is 7.03. The summed E-state index contributed by atoms with van der Waals surface area (Å²) in [5.41, 5.74) is -0.207. The van der Waals surface area contributed by atoms with Crippen molar-refractivity contribution in [3.05, 3.63) is 12.2 Å². The molecule has 14 nitrogen and oxygen atoms in total. The minimum atomic E-state index is -6.00. The van der Waals surface area contributed by atoms with Gasteiger partial charge in [0.05, 0.1) is 6.61 Å². The highest BCUT2D eigenvalue weighted by Gasteiger charge is 2.83. The molecule has 6 saturated heterocycles. The molecule has 78 heavy (non-hydrogen) atoms. The first-order valence-corrected chi connectivity index (χ1v) is 39.4. The van der Waals surface area contributed by atoms with Crippen LogP contribution in [0.5, 0.6) is 0 Å². The number of ether oxygens (including phenoxy) is 1. The Hall–Kier alpha value is -1.00. The van der Waals surface area contributed by atoms with Crippen molar-refractivity contribution >= 4 is 76.4 Å². The molecular formula is C35H53F21O14Si8. The van der Waals surface area contributed by atoms with Gasteiger partial charge in [-0.2, -0.15) is 92.2 Å². The molecule has 0 unspecified atom stereocenters. The fourth-order valence-corrected chi connectivity index (χ4v) is 59.1. The molecule has 6 heterocycles. The van der Waals surface area contributed by atoms with Crippen LogP contribution in [0.1, 0.15) is 103 Å². The van der Waals surface area contributed by atoms with Crippen LogP contribution in [-0.2, 0) is 58.9 Å². The zero-order chi connectivity index (χ0) is 58.8. The lowest BCUT2D eigenvalue weighted by atomic mass is 10.3. The van der Waals surface area contributed by atoms with Crippen molar-refractivity contribution in [3.8, 4) is 0 Å². The van der Waals surface area contributed by atoms with E-state index in [1.807, 2.05) is 0 Å². The van der Waals surface area contributed by atoms with E-state index in [1.54, 1.807) is 0 Å². The standard InChI is InChI=1S/C35H53F21O14Si8/c1-27(2)28(57)58-18-10-26-78-68-75(23-7-15-33(48,49)50)62-72(20-4-12-30(39,40)41)59-71(19-3-11-29(36,37)38)60-73(64-75,21-5-13-31(42,43)44)66-77(70-78,25-9-17-35(54,55)56)67-74(61-71,22-6-14-32(45,46)47)65-76(63-72,69-78)24-8-16-34(51,52)53/h1,3-26H2,2H3. The van der Waals surface area contributed by atoms with E-state index < -0.39 is 271 Å². The molecular weight excluding hydrogens is 1270 g/mol. The van der Waals surface area contributed by atoms with E-state index in [4.69, 9.17) is 54.1 Å². The maximum atomic E-state index is 14.1. The van der Waals surface area contributed by atoms with Crippen molar-refractivity contribution in [2.24, 2.45) is 0 Å². The first-order chi connectivity index (χ1) is 35.3. The van der Waals surface area contributed by atoms with Crippen molar-refractivity contribution in [1.82, 2.24) is 0 Å². The maximum Gasteiger partial charge on any atom is 0.479 e. The third kappa shape index (κ3) is 21.3. The molecule has 8 bridgehead atoms. The van der Waals surface area contributed by atoms with Crippen LogP contribution in [0.3, 0.4) is 0 Å². The van der Waals surface area contributed by atoms with Crippen LogP contribution in [0, 0.1) is 0 Å². The molecule has 0 saturated carbocycles. The summed E-state index contributed by atoms with van der Waals surface area (Å²) in [5.74, 6) is -1.07. The van der Waals surface area contributed by atoms with Gasteiger partial charge >= 0.3 is 120 Å². The largest absolute Gasteiger partial charge is 0.479 e. The number of alkyl halides is 21. The van der Waals surface area contributed by atoms with Crippen molar-refractivity contribution in [1.29, 1.82) is 0 Å². The van der Waals surface area contributed by atoms with Gasteiger partial charge in [0.15, 0.2) is 0 Å². The van der Waals surface area contributed by atoms with Crippen molar-refractivity contribution in [2.45, 2.75) is 195 Å². The van der Waals surface area contributed by atoms with Gasteiger partial charge in [0, 0.05) is 98.9 Å². The highest BCUT2D eigenvalue weighted by atomic mass is 28.6. The van der Waals surface area contributed by atoms with E-state index in [-0.39, 0.29) is 5.57 Å². The Bertz CT molecular complexity index is 1840. The quantitative estimate of drug-likeness (QED) is 0.0267. The Morgan fingerprint density at radius 1 is 0.308 bits per heavy atom. The fraction of sp³-hybridized carbons (Fsp3) is 0.914. The van der Waals surface area contributed by atoms with Crippen molar-refractivity contribution in [3.63, 3.8) is 0 Å². The number of carbonyl (C=O) groups excluding carboxylic acids is 1. The van der Waals surface area contributed by atoms with Crippen LogP contribution in [0.15, 0.2) is 12.2 Å². The molecule has 0 aromatic heterocycles. The Kier molecular flexibility index (Phi) is 21.3. The lowest BCUT2D eigenvalue weighted by molar-refractivity contribution is -0.139. The molecule has 0 atom stereocenters. The molecule has 0 aliphatic carbocycles. The van der Waals surface area contributed by atoms with Gasteiger partial charge < -0.3 is 54.1 Å². The number of carbonyl (C=O) groups is 1. The molecule has 6 rings (SSSR count). The number of halogens is 21. The number of esters is 1. The van der Waals surface area contributed by atoms with Gasteiger partial charge in [-0.1, -0.05) is 6.58 Å². The Balaban J connectivity index is 1.96. The van der Waals surface area contributed by atoms with Gasteiger partial charge in [0.1, 0.15) is 0 Å². The average Bonchev–Trinajstić information content (AvgIpc) is 3.16. The molecule has 6 aliphatic rings. The lowest BCUT2D eigenvalue weighted by Crippen LogP contribution is -2.88.